The van der Waals surface area contributed by atoms with Crippen LogP contribution >= 0.6 is 0 Å². The van der Waals surface area contributed by atoms with Crippen LogP contribution in [0.4, 0.5) is 5.69 Å². The third-order valence-electron chi connectivity index (χ3n) is 3.62. The largest absolute Gasteiger partial charge is 0.506 e. The molecule has 0 saturated carbocycles. The SMILES string of the molecule is Cc1ccc(CC(=O)Nc2cc(C(C)(C)C)ccc2O)cc1. The van der Waals surface area contributed by atoms with E-state index in [0.717, 1.165) is 11.1 Å². The van der Waals surface area contributed by atoms with Crippen LogP contribution in [0.3, 0.4) is 0 Å². The number of aromatic hydroxyl groups is 1. The van der Waals surface area contributed by atoms with E-state index in [4.69, 9.17) is 0 Å². The number of rotatable bonds is 3. The normalized spacial score (nSPS) is 11.3. The first-order chi connectivity index (χ1) is 10.3. The molecule has 3 heteroatoms. The number of hydrogen-bond acceptors (Lipinski definition) is 2. The van der Waals surface area contributed by atoms with E-state index in [2.05, 4.69) is 26.1 Å². The number of hydrogen-bond donors (Lipinski definition) is 2. The number of anilines is 1. The highest BCUT2D eigenvalue weighted by Crippen LogP contribution is 2.30. The van der Waals surface area contributed by atoms with Crippen molar-refractivity contribution in [2.75, 3.05) is 5.32 Å². The quantitative estimate of drug-likeness (QED) is 0.835. The van der Waals surface area contributed by atoms with E-state index in [-0.39, 0.29) is 17.1 Å². The fourth-order valence-corrected chi connectivity index (χ4v) is 2.19. The number of phenolic OH excluding ortho intramolecular Hbond substituents is 1. The number of aryl methyl sites for hydroxylation is 1. The fraction of sp³-hybridized carbons (Fsp3) is 0.316. The molecule has 116 valence electrons. The Morgan fingerprint density at radius 3 is 2.32 bits per heavy atom. The Kier molecular flexibility index (Phi) is 4.55. The zero-order valence-corrected chi connectivity index (χ0v) is 13.6. The molecule has 0 aliphatic rings. The van der Waals surface area contributed by atoms with E-state index in [1.165, 1.54) is 5.56 Å². The van der Waals surface area contributed by atoms with Crippen LogP contribution in [0.5, 0.6) is 5.75 Å². The summed E-state index contributed by atoms with van der Waals surface area (Å²) in [5.74, 6) is -0.0459. The smallest absolute Gasteiger partial charge is 0.228 e. The molecular weight excluding hydrogens is 274 g/mol. The Labute approximate surface area is 132 Å². The Morgan fingerprint density at radius 1 is 1.09 bits per heavy atom. The van der Waals surface area contributed by atoms with Crippen molar-refractivity contribution >= 4 is 11.6 Å². The maximum absolute atomic E-state index is 12.2. The Morgan fingerprint density at radius 2 is 1.73 bits per heavy atom. The topological polar surface area (TPSA) is 49.3 Å². The molecule has 3 nitrogen and oxygen atoms in total. The van der Waals surface area contributed by atoms with Crippen LogP contribution in [0.25, 0.3) is 0 Å². The van der Waals surface area contributed by atoms with Gasteiger partial charge in [-0.25, -0.2) is 0 Å². The zero-order valence-electron chi connectivity index (χ0n) is 13.6. The highest BCUT2D eigenvalue weighted by molar-refractivity contribution is 5.93. The highest BCUT2D eigenvalue weighted by atomic mass is 16.3. The van der Waals surface area contributed by atoms with Crippen LogP contribution < -0.4 is 5.32 Å². The third-order valence-corrected chi connectivity index (χ3v) is 3.62. The molecule has 0 bridgehead atoms. The van der Waals surface area contributed by atoms with Gasteiger partial charge in [-0.2, -0.15) is 0 Å². The van der Waals surface area contributed by atoms with E-state index in [1.807, 2.05) is 43.3 Å². The molecule has 2 rings (SSSR count). The van der Waals surface area contributed by atoms with E-state index in [1.54, 1.807) is 6.07 Å². The van der Waals surface area contributed by atoms with Crippen LogP contribution in [0.2, 0.25) is 0 Å². The van der Waals surface area contributed by atoms with Crippen LogP contribution in [-0.4, -0.2) is 11.0 Å². The molecule has 0 aromatic heterocycles. The number of carbonyl (C=O) groups is 1. The van der Waals surface area contributed by atoms with Crippen molar-refractivity contribution in [1.29, 1.82) is 0 Å². The zero-order chi connectivity index (χ0) is 16.3. The second-order valence-corrected chi connectivity index (χ2v) is 6.69. The van der Waals surface area contributed by atoms with Gasteiger partial charge < -0.3 is 10.4 Å². The second kappa shape index (κ2) is 6.22. The van der Waals surface area contributed by atoms with Gasteiger partial charge in [0.25, 0.3) is 0 Å². The standard InChI is InChI=1S/C19H23NO2/c1-13-5-7-14(8-6-13)11-18(22)20-16-12-15(19(2,3)4)9-10-17(16)21/h5-10,12,21H,11H2,1-4H3,(H,20,22). The van der Waals surface area contributed by atoms with Crippen LogP contribution in [0, 0.1) is 6.92 Å². The van der Waals surface area contributed by atoms with Crippen molar-refractivity contribution < 1.29 is 9.90 Å². The molecule has 0 fully saturated rings. The predicted molar refractivity (Wildman–Crippen MR) is 90.3 cm³/mol. The predicted octanol–water partition coefficient (Wildman–Crippen LogP) is 4.18. The number of carbonyl (C=O) groups excluding carboxylic acids is 1. The summed E-state index contributed by atoms with van der Waals surface area (Å²) < 4.78 is 0. The molecule has 2 aromatic carbocycles. The molecule has 22 heavy (non-hydrogen) atoms. The van der Waals surface area contributed by atoms with Crippen molar-refractivity contribution in [3.63, 3.8) is 0 Å². The summed E-state index contributed by atoms with van der Waals surface area (Å²) in [6, 6.07) is 13.2. The first-order valence-electron chi connectivity index (χ1n) is 7.44. The lowest BCUT2D eigenvalue weighted by Crippen LogP contribution is -2.16. The summed E-state index contributed by atoms with van der Waals surface area (Å²) in [5.41, 5.74) is 3.61. The minimum absolute atomic E-state index is 0.0376. The summed E-state index contributed by atoms with van der Waals surface area (Å²) in [6.07, 6.45) is 0.291. The molecule has 0 spiro atoms. The van der Waals surface area contributed by atoms with Crippen molar-refractivity contribution in [3.05, 3.63) is 59.2 Å². The summed E-state index contributed by atoms with van der Waals surface area (Å²) in [7, 11) is 0. The molecule has 2 aromatic rings. The summed E-state index contributed by atoms with van der Waals surface area (Å²) >= 11 is 0. The highest BCUT2D eigenvalue weighted by Gasteiger charge is 2.16. The molecule has 0 radical (unpaired) electrons. The van der Waals surface area contributed by atoms with Crippen LogP contribution in [0.15, 0.2) is 42.5 Å². The number of benzene rings is 2. The van der Waals surface area contributed by atoms with Crippen molar-refractivity contribution in [2.24, 2.45) is 0 Å². The van der Waals surface area contributed by atoms with E-state index in [9.17, 15) is 9.90 Å². The van der Waals surface area contributed by atoms with Gasteiger partial charge in [-0.1, -0.05) is 56.7 Å². The van der Waals surface area contributed by atoms with Gasteiger partial charge in [-0.15, -0.1) is 0 Å². The van der Waals surface area contributed by atoms with Crippen LogP contribution in [-0.2, 0) is 16.6 Å². The molecule has 0 heterocycles. The molecule has 0 aliphatic heterocycles. The Bertz CT molecular complexity index is 667. The number of phenols is 1. The molecule has 1 amide bonds. The average Bonchev–Trinajstić information content (AvgIpc) is 2.42. The summed E-state index contributed by atoms with van der Waals surface area (Å²) in [5, 5.41) is 12.7. The molecule has 0 atom stereocenters. The van der Waals surface area contributed by atoms with Gasteiger partial charge in [0.05, 0.1) is 12.1 Å². The van der Waals surface area contributed by atoms with E-state index < -0.39 is 0 Å². The average molecular weight is 297 g/mol. The van der Waals surface area contributed by atoms with Gasteiger partial charge in [0.15, 0.2) is 0 Å². The van der Waals surface area contributed by atoms with Crippen molar-refractivity contribution in [3.8, 4) is 5.75 Å². The molecule has 0 unspecified atom stereocenters. The fourth-order valence-electron chi connectivity index (χ4n) is 2.19. The van der Waals surface area contributed by atoms with E-state index >= 15 is 0 Å². The van der Waals surface area contributed by atoms with Gasteiger partial charge in [0.2, 0.25) is 5.91 Å². The first kappa shape index (κ1) is 16.1. The minimum atomic E-state index is -0.134. The van der Waals surface area contributed by atoms with Gasteiger partial charge in [-0.05, 0) is 35.6 Å². The minimum Gasteiger partial charge on any atom is -0.506 e. The number of amides is 1. The number of nitrogens with one attached hydrogen (secondary N) is 1. The lowest BCUT2D eigenvalue weighted by Gasteiger charge is -2.20. The molecular formula is C19H23NO2. The lowest BCUT2D eigenvalue weighted by atomic mass is 9.87. The second-order valence-electron chi connectivity index (χ2n) is 6.69. The Balaban J connectivity index is 2.12. The lowest BCUT2D eigenvalue weighted by molar-refractivity contribution is -0.115. The van der Waals surface area contributed by atoms with Crippen molar-refractivity contribution in [1.82, 2.24) is 0 Å². The third kappa shape index (κ3) is 4.10. The van der Waals surface area contributed by atoms with Gasteiger partial charge >= 0.3 is 0 Å². The molecule has 0 saturated heterocycles. The van der Waals surface area contributed by atoms with Gasteiger partial charge in [0.1, 0.15) is 5.75 Å². The van der Waals surface area contributed by atoms with Gasteiger partial charge in [0, 0.05) is 0 Å². The summed E-state index contributed by atoms with van der Waals surface area (Å²) in [4.78, 5) is 12.2. The maximum Gasteiger partial charge on any atom is 0.228 e. The Hall–Kier alpha value is -2.29. The van der Waals surface area contributed by atoms with Crippen molar-refractivity contribution in [2.45, 2.75) is 39.5 Å². The summed E-state index contributed by atoms with van der Waals surface area (Å²) in [6.45, 7) is 8.30. The van der Waals surface area contributed by atoms with Crippen LogP contribution in [0.1, 0.15) is 37.5 Å². The first-order valence-corrected chi connectivity index (χ1v) is 7.44. The molecule has 2 N–H and O–H groups in total. The molecule has 0 aliphatic carbocycles. The van der Waals surface area contributed by atoms with E-state index in [0.29, 0.717) is 12.1 Å². The monoisotopic (exact) mass is 297 g/mol. The van der Waals surface area contributed by atoms with Gasteiger partial charge in [-0.3, -0.25) is 4.79 Å². The maximum atomic E-state index is 12.2.